The Bertz CT molecular complexity index is 501. The number of aliphatic hydroxyl groups excluding tert-OH is 1. The third kappa shape index (κ3) is 3.83. The molecule has 0 spiro atoms. The van der Waals surface area contributed by atoms with Gasteiger partial charge in [-0.3, -0.25) is 0 Å². The lowest BCUT2D eigenvalue weighted by atomic mass is 9.71. The number of benzene rings is 1. The van der Waals surface area contributed by atoms with Gasteiger partial charge in [-0.05, 0) is 43.5 Å². The van der Waals surface area contributed by atoms with Gasteiger partial charge in [0.2, 0.25) is 0 Å². The van der Waals surface area contributed by atoms with Crippen molar-refractivity contribution in [3.63, 3.8) is 0 Å². The van der Waals surface area contributed by atoms with Gasteiger partial charge in [0.25, 0.3) is 0 Å². The highest BCUT2D eigenvalue weighted by atomic mass is 35.5. The zero-order valence-electron chi connectivity index (χ0n) is 11.2. The Kier molecular flexibility index (Phi) is 5.08. The molecule has 2 nitrogen and oxygen atoms in total. The molecule has 2 rings (SSSR count). The van der Waals surface area contributed by atoms with Gasteiger partial charge < -0.3 is 10.4 Å². The summed E-state index contributed by atoms with van der Waals surface area (Å²) in [6.07, 6.45) is -6.07. The first-order valence-electron chi connectivity index (χ1n) is 6.66. The van der Waals surface area contributed by atoms with Gasteiger partial charge in [-0.15, -0.1) is 0 Å². The molecule has 1 aromatic rings. The molecule has 1 fully saturated rings. The van der Waals surface area contributed by atoms with Gasteiger partial charge in [0.15, 0.2) is 6.10 Å². The number of nitrogens with one attached hydrogen (secondary N) is 1. The maximum Gasteiger partial charge on any atom is 0.414 e. The highest BCUT2D eigenvalue weighted by Gasteiger charge is 2.45. The molecule has 0 saturated carbocycles. The third-order valence-electron chi connectivity index (χ3n) is 3.97. The van der Waals surface area contributed by atoms with Crippen LogP contribution in [0.2, 0.25) is 10.0 Å². The van der Waals surface area contributed by atoms with E-state index in [1.165, 1.54) is 0 Å². The average Bonchev–Trinajstić information content (AvgIpc) is 2.41. The minimum atomic E-state index is -4.62. The number of piperidine rings is 1. The van der Waals surface area contributed by atoms with Crippen molar-refractivity contribution >= 4 is 23.2 Å². The molecule has 1 saturated heterocycles. The van der Waals surface area contributed by atoms with E-state index >= 15 is 0 Å². The molecule has 2 atom stereocenters. The van der Waals surface area contributed by atoms with Crippen LogP contribution in [0.15, 0.2) is 18.2 Å². The van der Waals surface area contributed by atoms with Gasteiger partial charge in [-0.2, -0.15) is 13.2 Å². The van der Waals surface area contributed by atoms with Crippen molar-refractivity contribution in [3.05, 3.63) is 33.8 Å². The van der Waals surface area contributed by atoms with Crippen molar-refractivity contribution in [2.24, 2.45) is 0 Å². The van der Waals surface area contributed by atoms with Crippen molar-refractivity contribution in [1.29, 1.82) is 0 Å². The van der Waals surface area contributed by atoms with E-state index in [1.54, 1.807) is 18.2 Å². The van der Waals surface area contributed by atoms with Crippen LogP contribution in [0.4, 0.5) is 13.2 Å². The first kappa shape index (κ1) is 16.9. The summed E-state index contributed by atoms with van der Waals surface area (Å²) < 4.78 is 38.1. The molecule has 0 aliphatic carbocycles. The van der Waals surface area contributed by atoms with E-state index in [9.17, 15) is 18.3 Å². The summed E-state index contributed by atoms with van der Waals surface area (Å²) in [5.41, 5.74) is -0.117. The zero-order valence-corrected chi connectivity index (χ0v) is 12.7. The van der Waals surface area contributed by atoms with Gasteiger partial charge in [0, 0.05) is 12.0 Å². The lowest BCUT2D eigenvalue weighted by Gasteiger charge is -2.40. The minimum Gasteiger partial charge on any atom is -0.384 e. The topological polar surface area (TPSA) is 32.3 Å². The molecule has 2 N–H and O–H groups in total. The van der Waals surface area contributed by atoms with Gasteiger partial charge in [0.1, 0.15) is 0 Å². The Balaban J connectivity index is 2.34. The van der Waals surface area contributed by atoms with Crippen LogP contribution in [-0.2, 0) is 5.41 Å². The Labute approximate surface area is 131 Å². The van der Waals surface area contributed by atoms with Crippen molar-refractivity contribution in [1.82, 2.24) is 5.32 Å². The second-order valence-electron chi connectivity index (χ2n) is 5.45. The van der Waals surface area contributed by atoms with E-state index in [4.69, 9.17) is 23.2 Å². The average molecular weight is 342 g/mol. The predicted molar refractivity (Wildman–Crippen MR) is 76.9 cm³/mol. The molecule has 0 amide bonds. The molecular weight excluding hydrogens is 326 g/mol. The molecule has 0 bridgehead atoms. The van der Waals surface area contributed by atoms with Crippen molar-refractivity contribution in [2.45, 2.75) is 37.0 Å². The predicted octanol–water partition coefficient (Wildman–Crippen LogP) is 3.93. The fourth-order valence-corrected chi connectivity index (χ4v) is 3.12. The fraction of sp³-hybridized carbons (Fsp3) is 0.571. The summed E-state index contributed by atoms with van der Waals surface area (Å²) in [7, 11) is 0. The Morgan fingerprint density at radius 2 is 2.00 bits per heavy atom. The summed E-state index contributed by atoms with van der Waals surface area (Å²) in [5.74, 6) is 0. The van der Waals surface area contributed by atoms with Crippen molar-refractivity contribution in [3.8, 4) is 0 Å². The zero-order chi connectivity index (χ0) is 15.7. The molecule has 1 heterocycles. The SMILES string of the molecule is O[C@H](C[C@]1(c2ccc(Cl)c(Cl)c2)CCCNC1)C(F)(F)F. The normalized spacial score (nSPS) is 24.9. The largest absolute Gasteiger partial charge is 0.414 e. The summed E-state index contributed by atoms with van der Waals surface area (Å²) >= 11 is 11.9. The molecule has 118 valence electrons. The number of hydrogen-bond acceptors (Lipinski definition) is 2. The number of hydrogen-bond donors (Lipinski definition) is 2. The van der Waals surface area contributed by atoms with Crippen LogP contribution in [0.5, 0.6) is 0 Å². The molecule has 1 aliphatic rings. The third-order valence-corrected chi connectivity index (χ3v) is 4.71. The lowest BCUT2D eigenvalue weighted by Crippen LogP contribution is -2.47. The van der Waals surface area contributed by atoms with Gasteiger partial charge in [0.05, 0.1) is 10.0 Å². The second kappa shape index (κ2) is 6.32. The van der Waals surface area contributed by atoms with Gasteiger partial charge in [-0.25, -0.2) is 0 Å². The molecule has 0 aromatic heterocycles. The molecular formula is C14H16Cl2F3NO. The maximum absolute atomic E-state index is 12.7. The van der Waals surface area contributed by atoms with Crippen LogP contribution in [0.1, 0.15) is 24.8 Å². The van der Waals surface area contributed by atoms with Crippen LogP contribution < -0.4 is 5.32 Å². The smallest absolute Gasteiger partial charge is 0.384 e. The molecule has 7 heteroatoms. The summed E-state index contributed by atoms with van der Waals surface area (Å²) in [4.78, 5) is 0. The summed E-state index contributed by atoms with van der Waals surface area (Å²) in [6, 6.07) is 4.86. The summed E-state index contributed by atoms with van der Waals surface area (Å²) in [6.45, 7) is 1.13. The van der Waals surface area contributed by atoms with E-state index < -0.39 is 17.7 Å². The molecule has 21 heavy (non-hydrogen) atoms. The van der Waals surface area contributed by atoms with E-state index in [2.05, 4.69) is 5.32 Å². The lowest BCUT2D eigenvalue weighted by molar-refractivity contribution is -0.210. The van der Waals surface area contributed by atoms with E-state index in [-0.39, 0.29) is 6.42 Å². The quantitative estimate of drug-likeness (QED) is 0.873. The molecule has 0 radical (unpaired) electrons. The van der Waals surface area contributed by atoms with E-state index in [1.807, 2.05) is 0 Å². The van der Waals surface area contributed by atoms with Crippen LogP contribution in [0, 0.1) is 0 Å². The van der Waals surface area contributed by atoms with Crippen LogP contribution in [-0.4, -0.2) is 30.5 Å². The van der Waals surface area contributed by atoms with E-state index in [0.717, 1.165) is 13.0 Å². The van der Waals surface area contributed by atoms with E-state index in [0.29, 0.717) is 28.6 Å². The monoisotopic (exact) mass is 341 g/mol. The van der Waals surface area contributed by atoms with Crippen molar-refractivity contribution < 1.29 is 18.3 Å². The number of alkyl halides is 3. The fourth-order valence-electron chi connectivity index (χ4n) is 2.82. The Hall–Kier alpha value is -0.490. The van der Waals surface area contributed by atoms with Crippen LogP contribution in [0.3, 0.4) is 0 Å². The first-order chi connectivity index (χ1) is 9.74. The molecule has 0 unspecified atom stereocenters. The van der Waals surface area contributed by atoms with Crippen molar-refractivity contribution in [2.75, 3.05) is 13.1 Å². The first-order valence-corrected chi connectivity index (χ1v) is 7.41. The molecule has 1 aromatic carbocycles. The molecule has 1 aliphatic heterocycles. The highest BCUT2D eigenvalue weighted by molar-refractivity contribution is 6.42. The number of halogens is 5. The highest BCUT2D eigenvalue weighted by Crippen LogP contribution is 2.40. The van der Waals surface area contributed by atoms with Crippen LogP contribution >= 0.6 is 23.2 Å². The second-order valence-corrected chi connectivity index (χ2v) is 6.27. The van der Waals surface area contributed by atoms with Gasteiger partial charge >= 0.3 is 6.18 Å². The maximum atomic E-state index is 12.7. The Morgan fingerprint density at radius 1 is 1.29 bits per heavy atom. The summed E-state index contributed by atoms with van der Waals surface area (Å²) in [5, 5.41) is 13.3. The van der Waals surface area contributed by atoms with Crippen LogP contribution in [0.25, 0.3) is 0 Å². The number of rotatable bonds is 3. The minimum absolute atomic E-state index is 0.306. The van der Waals surface area contributed by atoms with Gasteiger partial charge in [-0.1, -0.05) is 29.3 Å². The Morgan fingerprint density at radius 3 is 2.52 bits per heavy atom. The standard InChI is InChI=1S/C14H16Cl2F3NO/c15-10-3-2-9(6-11(10)16)13(4-1-5-20-8-13)7-12(21)14(17,18)19/h2-3,6,12,20-21H,1,4-5,7-8H2/t12-,13-/m1/s1. The number of aliphatic hydroxyl groups is 1.